The van der Waals surface area contributed by atoms with Crippen LogP contribution in [0.4, 0.5) is 0 Å². The van der Waals surface area contributed by atoms with Crippen molar-refractivity contribution in [2.45, 2.75) is 26.6 Å². The second kappa shape index (κ2) is 10.3. The molecule has 9 nitrogen and oxygen atoms in total. The van der Waals surface area contributed by atoms with Crippen LogP contribution in [0.1, 0.15) is 20.3 Å². The number of ether oxygens (including phenoxy) is 2. The molecular formula is C11H17O9P. The summed E-state index contributed by atoms with van der Waals surface area (Å²) in [6.45, 7) is 2.82. The first kappa shape index (κ1) is 19.5. The average molecular weight is 324 g/mol. The first-order valence-corrected chi connectivity index (χ1v) is 7.35. The summed E-state index contributed by atoms with van der Waals surface area (Å²) >= 11 is 0. The molecule has 0 spiro atoms. The molecule has 0 aromatic rings. The predicted molar refractivity (Wildman–Crippen MR) is 69.3 cm³/mol. The third kappa shape index (κ3) is 12.0. The number of carbonyl (C=O) groups is 2. The Morgan fingerprint density at radius 3 is 1.95 bits per heavy atom. The van der Waals surface area contributed by atoms with Gasteiger partial charge in [0.15, 0.2) is 0 Å². The largest absolute Gasteiger partial charge is 0.496 e. The Balaban J connectivity index is 4.40. The van der Waals surface area contributed by atoms with Crippen LogP contribution >= 0.6 is 7.82 Å². The van der Waals surface area contributed by atoms with E-state index < -0.39 is 26.1 Å². The summed E-state index contributed by atoms with van der Waals surface area (Å²) in [6, 6.07) is 0. The van der Waals surface area contributed by atoms with E-state index in [9.17, 15) is 14.2 Å². The van der Waals surface area contributed by atoms with Gasteiger partial charge in [-0.3, -0.25) is 0 Å². The van der Waals surface area contributed by atoms with Crippen molar-refractivity contribution in [3.8, 4) is 0 Å². The summed E-state index contributed by atoms with van der Waals surface area (Å²) in [4.78, 5) is 43.5. The SMILES string of the molecule is CC=CC(=O)OC(CCOOP(=O)(O)O)OC(=O)C=CC. The summed E-state index contributed by atoms with van der Waals surface area (Å²) in [5.41, 5.74) is 0. The van der Waals surface area contributed by atoms with Crippen molar-refractivity contribution in [2.24, 2.45) is 0 Å². The van der Waals surface area contributed by atoms with E-state index in [2.05, 4.69) is 9.56 Å². The maximum atomic E-state index is 11.3. The van der Waals surface area contributed by atoms with Gasteiger partial charge in [0.05, 0.1) is 6.61 Å². The fourth-order valence-corrected chi connectivity index (χ4v) is 1.21. The Morgan fingerprint density at radius 2 is 1.57 bits per heavy atom. The number of phosphoric acid groups is 1. The molecule has 0 radical (unpaired) electrons. The van der Waals surface area contributed by atoms with Gasteiger partial charge in [0.25, 0.3) is 0 Å². The van der Waals surface area contributed by atoms with E-state index in [1.54, 1.807) is 13.8 Å². The Labute approximate surface area is 121 Å². The Morgan fingerprint density at radius 1 is 1.10 bits per heavy atom. The lowest BCUT2D eigenvalue weighted by Gasteiger charge is -2.16. The molecule has 120 valence electrons. The van der Waals surface area contributed by atoms with Crippen molar-refractivity contribution in [1.82, 2.24) is 0 Å². The molecule has 0 aromatic heterocycles. The normalized spacial score (nSPS) is 13.5. The smallest absolute Gasteiger partial charge is 0.422 e. The van der Waals surface area contributed by atoms with Crippen molar-refractivity contribution in [3.63, 3.8) is 0 Å². The van der Waals surface area contributed by atoms with Crippen molar-refractivity contribution in [1.29, 1.82) is 0 Å². The molecule has 0 amide bonds. The highest BCUT2D eigenvalue weighted by Crippen LogP contribution is 2.35. The summed E-state index contributed by atoms with van der Waals surface area (Å²) in [5.74, 6) is -1.49. The highest BCUT2D eigenvalue weighted by atomic mass is 31.2. The minimum atomic E-state index is -4.76. The fourth-order valence-electron chi connectivity index (χ4n) is 1.00. The average Bonchev–Trinajstić information content (AvgIpc) is 2.33. The number of hydrogen-bond donors (Lipinski definition) is 2. The molecule has 0 saturated carbocycles. The van der Waals surface area contributed by atoms with Crippen LogP contribution in [0.5, 0.6) is 0 Å². The van der Waals surface area contributed by atoms with Crippen LogP contribution < -0.4 is 0 Å². The van der Waals surface area contributed by atoms with Crippen molar-refractivity contribution < 1.29 is 43.0 Å². The summed E-state index contributed by atoms with van der Waals surface area (Å²) < 4.78 is 23.7. The summed E-state index contributed by atoms with van der Waals surface area (Å²) in [6.07, 6.45) is 3.64. The van der Waals surface area contributed by atoms with Crippen LogP contribution in [-0.2, 0) is 33.2 Å². The number of esters is 2. The van der Waals surface area contributed by atoms with Gasteiger partial charge >= 0.3 is 19.8 Å². The van der Waals surface area contributed by atoms with E-state index in [0.29, 0.717) is 0 Å². The zero-order valence-electron chi connectivity index (χ0n) is 11.5. The molecule has 0 heterocycles. The molecular weight excluding hydrogens is 307 g/mol. The Bertz CT molecular complexity index is 411. The van der Waals surface area contributed by atoms with Gasteiger partial charge in [0.1, 0.15) is 0 Å². The molecule has 0 rings (SSSR count). The van der Waals surface area contributed by atoms with E-state index in [0.717, 1.165) is 12.2 Å². The van der Waals surface area contributed by atoms with Gasteiger partial charge in [-0.1, -0.05) is 12.2 Å². The zero-order valence-corrected chi connectivity index (χ0v) is 12.4. The van der Waals surface area contributed by atoms with Gasteiger partial charge in [-0.25, -0.2) is 19.0 Å². The molecule has 2 N–H and O–H groups in total. The quantitative estimate of drug-likeness (QED) is 0.121. The van der Waals surface area contributed by atoms with Crippen LogP contribution in [0, 0.1) is 0 Å². The first-order valence-electron chi connectivity index (χ1n) is 5.82. The van der Waals surface area contributed by atoms with E-state index in [1.165, 1.54) is 12.2 Å². The van der Waals surface area contributed by atoms with Gasteiger partial charge < -0.3 is 19.3 Å². The Kier molecular flexibility index (Phi) is 9.51. The lowest BCUT2D eigenvalue weighted by atomic mass is 10.4. The van der Waals surface area contributed by atoms with Crippen LogP contribution in [0.2, 0.25) is 0 Å². The maximum Gasteiger partial charge on any atom is 0.496 e. The first-order chi connectivity index (χ1) is 9.78. The van der Waals surface area contributed by atoms with Crippen LogP contribution in [-0.4, -0.2) is 34.6 Å². The van der Waals surface area contributed by atoms with Crippen molar-refractivity contribution >= 4 is 19.8 Å². The summed E-state index contributed by atoms with van der Waals surface area (Å²) in [7, 11) is -4.76. The minimum absolute atomic E-state index is 0.174. The molecule has 0 aliphatic heterocycles. The monoisotopic (exact) mass is 324 g/mol. The van der Waals surface area contributed by atoms with Gasteiger partial charge in [0, 0.05) is 18.6 Å². The molecule has 0 atom stereocenters. The number of hydrogen-bond acceptors (Lipinski definition) is 7. The zero-order chi connectivity index (χ0) is 16.3. The van der Waals surface area contributed by atoms with Crippen LogP contribution in [0.25, 0.3) is 0 Å². The van der Waals surface area contributed by atoms with E-state index in [-0.39, 0.29) is 13.0 Å². The van der Waals surface area contributed by atoms with Gasteiger partial charge in [-0.05, 0) is 13.8 Å². The van der Waals surface area contributed by atoms with Crippen molar-refractivity contribution in [2.75, 3.05) is 6.61 Å². The third-order valence-corrected chi connectivity index (χ3v) is 1.99. The number of allylic oxidation sites excluding steroid dienone is 2. The number of carbonyl (C=O) groups excluding carboxylic acids is 2. The van der Waals surface area contributed by atoms with Crippen LogP contribution in [0.3, 0.4) is 0 Å². The maximum absolute atomic E-state index is 11.3. The van der Waals surface area contributed by atoms with E-state index >= 15 is 0 Å². The second-order valence-corrected chi connectivity index (χ2v) is 4.61. The molecule has 0 aliphatic rings. The molecule has 0 saturated heterocycles. The molecule has 0 aromatic carbocycles. The molecule has 0 fully saturated rings. The van der Waals surface area contributed by atoms with Gasteiger partial charge in [0.2, 0.25) is 6.29 Å². The Hall–Kier alpha value is -1.51. The molecule has 0 bridgehead atoms. The molecule has 0 unspecified atom stereocenters. The summed E-state index contributed by atoms with van der Waals surface area (Å²) in [5, 5.41) is 0. The minimum Gasteiger partial charge on any atom is -0.422 e. The van der Waals surface area contributed by atoms with Crippen LogP contribution in [0.15, 0.2) is 24.3 Å². The fraction of sp³-hybridized carbons (Fsp3) is 0.455. The lowest BCUT2D eigenvalue weighted by molar-refractivity contribution is -0.236. The molecule has 0 aliphatic carbocycles. The van der Waals surface area contributed by atoms with E-state index in [4.69, 9.17) is 19.3 Å². The van der Waals surface area contributed by atoms with Crippen molar-refractivity contribution in [3.05, 3.63) is 24.3 Å². The number of rotatable bonds is 9. The topological polar surface area (TPSA) is 129 Å². The predicted octanol–water partition coefficient (Wildman–Crippen LogP) is 0.982. The van der Waals surface area contributed by atoms with E-state index in [1.807, 2.05) is 0 Å². The second-order valence-electron chi connectivity index (χ2n) is 3.48. The highest BCUT2D eigenvalue weighted by molar-refractivity contribution is 7.46. The van der Waals surface area contributed by atoms with Gasteiger partial charge in [-0.15, -0.1) is 4.67 Å². The molecule has 21 heavy (non-hydrogen) atoms. The van der Waals surface area contributed by atoms with Gasteiger partial charge in [-0.2, -0.15) is 0 Å². The third-order valence-electron chi connectivity index (χ3n) is 1.69. The standard InChI is InChI=1S/C11H17O9P/c1-3-5-9(12)18-11(19-10(13)6-4-2)7-8-17-20-21(14,15)16/h3-6,11H,7-8H2,1-2H3,(H2,14,15,16). The lowest BCUT2D eigenvalue weighted by Crippen LogP contribution is -2.24. The highest BCUT2D eigenvalue weighted by Gasteiger charge is 2.19. The molecule has 10 heteroatoms.